The Balaban J connectivity index is 2.68. The van der Waals surface area contributed by atoms with Crippen molar-refractivity contribution in [1.29, 1.82) is 0 Å². The van der Waals surface area contributed by atoms with E-state index in [2.05, 4.69) is 35.5 Å². The van der Waals surface area contributed by atoms with Crippen LogP contribution in [-0.2, 0) is 6.42 Å². The largest absolute Gasteiger partial charge is 0.490 e. The van der Waals surface area contributed by atoms with Crippen LogP contribution in [0.25, 0.3) is 0 Å². The highest BCUT2D eigenvalue weighted by Crippen LogP contribution is 2.28. The molecule has 1 aromatic carbocycles. The molecule has 0 bridgehead atoms. The molecule has 0 aliphatic carbocycles. The van der Waals surface area contributed by atoms with Gasteiger partial charge in [0.05, 0.1) is 13.2 Å². The lowest BCUT2D eigenvalue weighted by Crippen LogP contribution is -2.37. The summed E-state index contributed by atoms with van der Waals surface area (Å²) in [6.07, 6.45) is 0.868. The van der Waals surface area contributed by atoms with Gasteiger partial charge in [-0.25, -0.2) is 0 Å². The molecule has 5 heteroatoms. The fourth-order valence-corrected chi connectivity index (χ4v) is 2.06. The number of rotatable bonds is 9. The lowest BCUT2D eigenvalue weighted by Gasteiger charge is -2.12. The monoisotopic (exact) mass is 307 g/mol. The van der Waals surface area contributed by atoms with E-state index in [0.717, 1.165) is 43.5 Å². The van der Waals surface area contributed by atoms with Crippen molar-refractivity contribution >= 4 is 5.96 Å². The van der Waals surface area contributed by atoms with Crippen molar-refractivity contribution in [2.24, 2.45) is 4.99 Å². The first kappa shape index (κ1) is 18.1. The predicted octanol–water partition coefficient (Wildman–Crippen LogP) is 2.60. The molecule has 0 aromatic heterocycles. The Kier molecular flexibility index (Phi) is 8.88. The van der Waals surface area contributed by atoms with E-state index < -0.39 is 0 Å². The molecule has 124 valence electrons. The number of nitrogens with zero attached hydrogens (tertiary/aromatic N) is 1. The molecule has 0 saturated carbocycles. The van der Waals surface area contributed by atoms with Gasteiger partial charge in [-0.15, -0.1) is 0 Å². The van der Waals surface area contributed by atoms with E-state index in [1.54, 1.807) is 0 Å². The van der Waals surface area contributed by atoms with Gasteiger partial charge in [0.2, 0.25) is 0 Å². The fraction of sp³-hybridized carbons (Fsp3) is 0.588. The molecule has 0 amide bonds. The summed E-state index contributed by atoms with van der Waals surface area (Å²) >= 11 is 0. The van der Waals surface area contributed by atoms with Crippen LogP contribution in [0.15, 0.2) is 23.2 Å². The SMILES string of the molecule is CCNC(=NCCc1ccc(OCC)c(OCC)c1)NCC. The van der Waals surface area contributed by atoms with Crippen molar-refractivity contribution < 1.29 is 9.47 Å². The maximum atomic E-state index is 5.65. The number of guanidine groups is 1. The summed E-state index contributed by atoms with van der Waals surface area (Å²) in [5, 5.41) is 6.44. The molecular weight excluding hydrogens is 278 g/mol. The highest BCUT2D eigenvalue weighted by molar-refractivity contribution is 5.79. The van der Waals surface area contributed by atoms with Gasteiger partial charge in [0.15, 0.2) is 17.5 Å². The molecule has 1 aromatic rings. The normalized spacial score (nSPS) is 10.0. The molecule has 2 N–H and O–H groups in total. The van der Waals surface area contributed by atoms with E-state index in [9.17, 15) is 0 Å². The average Bonchev–Trinajstić information content (AvgIpc) is 2.50. The third-order valence-electron chi connectivity index (χ3n) is 2.97. The van der Waals surface area contributed by atoms with Crippen LogP contribution in [0.4, 0.5) is 0 Å². The number of aliphatic imine (C=N–C) groups is 1. The van der Waals surface area contributed by atoms with Gasteiger partial charge in [-0.1, -0.05) is 6.07 Å². The Morgan fingerprint density at radius 1 is 0.955 bits per heavy atom. The zero-order valence-corrected chi connectivity index (χ0v) is 14.2. The topological polar surface area (TPSA) is 54.9 Å². The maximum Gasteiger partial charge on any atom is 0.191 e. The summed E-state index contributed by atoms with van der Waals surface area (Å²) < 4.78 is 11.2. The Morgan fingerprint density at radius 2 is 1.59 bits per heavy atom. The van der Waals surface area contributed by atoms with Crippen molar-refractivity contribution in [1.82, 2.24) is 10.6 Å². The smallest absolute Gasteiger partial charge is 0.191 e. The second-order valence-electron chi connectivity index (χ2n) is 4.69. The highest BCUT2D eigenvalue weighted by atomic mass is 16.5. The standard InChI is InChI=1S/C17H29N3O2/c1-5-18-17(19-6-2)20-12-11-14-9-10-15(21-7-3)16(13-14)22-8-4/h9-10,13H,5-8,11-12H2,1-4H3,(H2,18,19,20). The number of hydrogen-bond acceptors (Lipinski definition) is 3. The second kappa shape index (κ2) is 10.8. The molecule has 0 aliphatic heterocycles. The van der Waals surface area contributed by atoms with Crippen LogP contribution in [0.1, 0.15) is 33.3 Å². The second-order valence-corrected chi connectivity index (χ2v) is 4.69. The lowest BCUT2D eigenvalue weighted by atomic mass is 10.1. The molecule has 0 spiro atoms. The number of benzene rings is 1. The molecule has 5 nitrogen and oxygen atoms in total. The van der Waals surface area contributed by atoms with Crippen molar-refractivity contribution in [3.05, 3.63) is 23.8 Å². The van der Waals surface area contributed by atoms with E-state index in [0.29, 0.717) is 13.2 Å². The first-order chi connectivity index (χ1) is 10.7. The van der Waals surface area contributed by atoms with Crippen molar-refractivity contribution in [2.75, 3.05) is 32.8 Å². The van der Waals surface area contributed by atoms with Crippen molar-refractivity contribution in [2.45, 2.75) is 34.1 Å². The van der Waals surface area contributed by atoms with Gasteiger partial charge < -0.3 is 20.1 Å². The summed E-state index contributed by atoms with van der Waals surface area (Å²) in [6.45, 7) is 11.8. The summed E-state index contributed by atoms with van der Waals surface area (Å²) in [4.78, 5) is 4.56. The molecule has 0 heterocycles. The van der Waals surface area contributed by atoms with E-state index in [1.807, 2.05) is 26.0 Å². The average molecular weight is 307 g/mol. The highest BCUT2D eigenvalue weighted by Gasteiger charge is 2.06. The minimum Gasteiger partial charge on any atom is -0.490 e. The molecule has 0 unspecified atom stereocenters. The van der Waals surface area contributed by atoms with Gasteiger partial charge in [0.25, 0.3) is 0 Å². The van der Waals surface area contributed by atoms with Crippen LogP contribution < -0.4 is 20.1 Å². The van der Waals surface area contributed by atoms with Gasteiger partial charge in [-0.3, -0.25) is 4.99 Å². The zero-order chi connectivity index (χ0) is 16.2. The quantitative estimate of drug-likeness (QED) is 0.544. The third kappa shape index (κ3) is 6.24. The van der Waals surface area contributed by atoms with E-state index in [4.69, 9.17) is 9.47 Å². The molecule has 1 rings (SSSR count). The van der Waals surface area contributed by atoms with Crippen molar-refractivity contribution in [3.63, 3.8) is 0 Å². The number of ether oxygens (including phenoxy) is 2. The summed E-state index contributed by atoms with van der Waals surface area (Å²) in [6, 6.07) is 6.09. The number of nitrogens with one attached hydrogen (secondary N) is 2. The molecular formula is C17H29N3O2. The first-order valence-corrected chi connectivity index (χ1v) is 8.15. The van der Waals surface area contributed by atoms with E-state index in [-0.39, 0.29) is 0 Å². The zero-order valence-electron chi connectivity index (χ0n) is 14.2. The van der Waals surface area contributed by atoms with Crippen LogP contribution >= 0.6 is 0 Å². The van der Waals surface area contributed by atoms with Gasteiger partial charge in [0, 0.05) is 19.6 Å². The molecule has 22 heavy (non-hydrogen) atoms. The molecule has 0 aliphatic rings. The Labute approximate surface area is 134 Å². The van der Waals surface area contributed by atoms with Crippen LogP contribution in [0.3, 0.4) is 0 Å². The van der Waals surface area contributed by atoms with Gasteiger partial charge in [-0.2, -0.15) is 0 Å². The summed E-state index contributed by atoms with van der Waals surface area (Å²) in [7, 11) is 0. The first-order valence-electron chi connectivity index (χ1n) is 8.15. The Morgan fingerprint density at radius 3 is 2.18 bits per heavy atom. The Hall–Kier alpha value is -1.91. The van der Waals surface area contributed by atoms with E-state index >= 15 is 0 Å². The van der Waals surface area contributed by atoms with E-state index in [1.165, 1.54) is 5.56 Å². The van der Waals surface area contributed by atoms with Gasteiger partial charge >= 0.3 is 0 Å². The third-order valence-corrected chi connectivity index (χ3v) is 2.97. The van der Waals surface area contributed by atoms with Gasteiger partial charge in [-0.05, 0) is 51.8 Å². The minimum absolute atomic E-state index is 0.632. The molecule has 0 saturated heterocycles. The van der Waals surface area contributed by atoms with Crippen LogP contribution in [0.5, 0.6) is 11.5 Å². The predicted molar refractivity (Wildman–Crippen MR) is 92.1 cm³/mol. The fourth-order valence-electron chi connectivity index (χ4n) is 2.06. The van der Waals surface area contributed by atoms with Crippen LogP contribution in [0, 0.1) is 0 Å². The lowest BCUT2D eigenvalue weighted by molar-refractivity contribution is 0.287. The molecule has 0 fully saturated rings. The van der Waals surface area contributed by atoms with Crippen LogP contribution in [-0.4, -0.2) is 38.8 Å². The number of hydrogen-bond donors (Lipinski definition) is 2. The molecule has 0 radical (unpaired) electrons. The summed E-state index contributed by atoms with van der Waals surface area (Å²) in [5.74, 6) is 2.47. The Bertz CT molecular complexity index is 453. The molecule has 0 atom stereocenters. The minimum atomic E-state index is 0.632. The van der Waals surface area contributed by atoms with Crippen LogP contribution in [0.2, 0.25) is 0 Å². The summed E-state index contributed by atoms with van der Waals surface area (Å²) in [5.41, 5.74) is 1.20. The maximum absolute atomic E-state index is 5.65. The van der Waals surface area contributed by atoms with Gasteiger partial charge in [0.1, 0.15) is 0 Å². The van der Waals surface area contributed by atoms with Crippen molar-refractivity contribution in [3.8, 4) is 11.5 Å².